The van der Waals surface area contributed by atoms with Gasteiger partial charge < -0.3 is 0 Å². The first kappa shape index (κ1) is 14.1. The highest BCUT2D eigenvalue weighted by Gasteiger charge is 2.13. The van der Waals surface area contributed by atoms with Crippen LogP contribution >= 0.6 is 15.9 Å². The predicted octanol–water partition coefficient (Wildman–Crippen LogP) is 3.47. The molecule has 0 aliphatic heterocycles. The minimum atomic E-state index is -0.869. The Bertz CT molecular complexity index is 575. The Morgan fingerprint density at radius 2 is 1.89 bits per heavy atom. The van der Waals surface area contributed by atoms with Crippen molar-refractivity contribution in [3.8, 4) is 0 Å². The number of rotatable bonds is 4. The van der Waals surface area contributed by atoms with Crippen molar-refractivity contribution in [3.63, 3.8) is 0 Å². The second kappa shape index (κ2) is 6.23. The van der Waals surface area contributed by atoms with Crippen molar-refractivity contribution in [1.29, 1.82) is 0 Å². The fourth-order valence-corrected chi connectivity index (χ4v) is 2.35. The van der Waals surface area contributed by atoms with E-state index in [4.69, 9.17) is 5.84 Å². The average Bonchev–Trinajstić information content (AvgIpc) is 2.39. The molecule has 0 bridgehead atoms. The molecule has 100 valence electrons. The lowest BCUT2D eigenvalue weighted by molar-refractivity contribution is 0.497. The number of benzene rings is 2. The van der Waals surface area contributed by atoms with E-state index in [1.54, 1.807) is 0 Å². The van der Waals surface area contributed by atoms with Gasteiger partial charge in [-0.3, -0.25) is 11.3 Å². The summed E-state index contributed by atoms with van der Waals surface area (Å²) in [5.74, 6) is 3.77. The van der Waals surface area contributed by atoms with Crippen LogP contribution in [0.2, 0.25) is 0 Å². The van der Waals surface area contributed by atoms with Crippen LogP contribution in [0, 0.1) is 11.6 Å². The van der Waals surface area contributed by atoms with Crippen LogP contribution in [0.5, 0.6) is 0 Å². The average molecular weight is 327 g/mol. The van der Waals surface area contributed by atoms with Gasteiger partial charge in [0.25, 0.3) is 0 Å². The highest BCUT2D eigenvalue weighted by Crippen LogP contribution is 2.21. The summed E-state index contributed by atoms with van der Waals surface area (Å²) in [6.07, 6.45) is 0.584. The van der Waals surface area contributed by atoms with Crippen LogP contribution < -0.4 is 11.3 Å². The highest BCUT2D eigenvalue weighted by atomic mass is 79.9. The summed E-state index contributed by atoms with van der Waals surface area (Å²) in [6, 6.07) is 11.3. The number of nitrogens with one attached hydrogen (secondary N) is 1. The number of hydrogen-bond donors (Lipinski definition) is 2. The van der Waals surface area contributed by atoms with Crippen molar-refractivity contribution in [1.82, 2.24) is 5.43 Å². The molecule has 0 saturated heterocycles. The molecule has 3 N–H and O–H groups in total. The molecule has 0 radical (unpaired) electrons. The lowest BCUT2D eigenvalue weighted by Crippen LogP contribution is -2.29. The van der Waals surface area contributed by atoms with Crippen LogP contribution in [-0.2, 0) is 6.42 Å². The summed E-state index contributed by atoms with van der Waals surface area (Å²) in [4.78, 5) is 0. The monoisotopic (exact) mass is 326 g/mol. The van der Waals surface area contributed by atoms with Crippen LogP contribution in [0.15, 0.2) is 46.9 Å². The van der Waals surface area contributed by atoms with Crippen LogP contribution in [-0.4, -0.2) is 0 Å². The number of halogens is 3. The maximum absolute atomic E-state index is 13.2. The van der Waals surface area contributed by atoms with Crippen molar-refractivity contribution in [2.45, 2.75) is 12.5 Å². The molecular weight excluding hydrogens is 314 g/mol. The van der Waals surface area contributed by atoms with E-state index in [-0.39, 0.29) is 6.04 Å². The van der Waals surface area contributed by atoms with Gasteiger partial charge in [0, 0.05) is 4.47 Å². The van der Waals surface area contributed by atoms with Gasteiger partial charge in [-0.05, 0) is 41.8 Å². The molecule has 0 saturated carbocycles. The zero-order valence-electron chi connectivity index (χ0n) is 10.0. The molecule has 2 rings (SSSR count). The third-order valence-corrected chi connectivity index (χ3v) is 3.37. The first-order valence-corrected chi connectivity index (χ1v) is 6.55. The predicted molar refractivity (Wildman–Crippen MR) is 74.3 cm³/mol. The maximum Gasteiger partial charge on any atom is 0.159 e. The van der Waals surface area contributed by atoms with Crippen LogP contribution in [0.4, 0.5) is 8.78 Å². The van der Waals surface area contributed by atoms with Crippen molar-refractivity contribution < 1.29 is 8.78 Å². The molecule has 2 aromatic carbocycles. The lowest BCUT2D eigenvalue weighted by Gasteiger charge is -2.16. The third kappa shape index (κ3) is 3.59. The molecular formula is C14H13BrF2N2. The molecule has 2 nitrogen and oxygen atoms in total. The molecule has 2 aromatic rings. The van der Waals surface area contributed by atoms with Gasteiger partial charge >= 0.3 is 0 Å². The first-order chi connectivity index (χ1) is 9.10. The zero-order valence-corrected chi connectivity index (χ0v) is 11.6. The van der Waals surface area contributed by atoms with Crippen molar-refractivity contribution in [3.05, 3.63) is 69.7 Å². The Labute approximate surface area is 118 Å². The number of hydrazine groups is 1. The van der Waals surface area contributed by atoms with Gasteiger partial charge in [0.15, 0.2) is 11.6 Å². The highest BCUT2D eigenvalue weighted by molar-refractivity contribution is 9.10. The lowest BCUT2D eigenvalue weighted by atomic mass is 9.99. The van der Waals surface area contributed by atoms with Crippen molar-refractivity contribution in [2.24, 2.45) is 5.84 Å². The molecule has 0 amide bonds. The Morgan fingerprint density at radius 1 is 1.11 bits per heavy atom. The van der Waals surface area contributed by atoms with Crippen LogP contribution in [0.3, 0.4) is 0 Å². The normalized spacial score (nSPS) is 12.4. The largest absolute Gasteiger partial charge is 0.271 e. The van der Waals surface area contributed by atoms with Gasteiger partial charge in [-0.15, -0.1) is 0 Å². The SMILES string of the molecule is NNC(Cc1cccc(Br)c1)c1ccc(F)c(F)c1. The molecule has 0 spiro atoms. The van der Waals surface area contributed by atoms with E-state index in [1.807, 2.05) is 24.3 Å². The van der Waals surface area contributed by atoms with E-state index in [2.05, 4.69) is 21.4 Å². The van der Waals surface area contributed by atoms with Gasteiger partial charge in [-0.2, -0.15) is 0 Å². The molecule has 1 atom stereocenters. The molecule has 0 aromatic heterocycles. The summed E-state index contributed by atoms with van der Waals surface area (Å²) in [5.41, 5.74) is 4.28. The summed E-state index contributed by atoms with van der Waals surface area (Å²) in [7, 11) is 0. The Hall–Kier alpha value is -1.30. The first-order valence-electron chi connectivity index (χ1n) is 5.75. The van der Waals surface area contributed by atoms with Gasteiger partial charge in [0.1, 0.15) is 0 Å². The minimum absolute atomic E-state index is 0.274. The topological polar surface area (TPSA) is 38.0 Å². The fourth-order valence-electron chi connectivity index (χ4n) is 1.90. The van der Waals surface area contributed by atoms with Crippen LogP contribution in [0.25, 0.3) is 0 Å². The zero-order chi connectivity index (χ0) is 13.8. The quantitative estimate of drug-likeness (QED) is 0.667. The molecule has 0 aliphatic carbocycles. The number of hydrogen-bond acceptors (Lipinski definition) is 2. The Morgan fingerprint density at radius 3 is 2.53 bits per heavy atom. The minimum Gasteiger partial charge on any atom is -0.271 e. The molecule has 0 aliphatic rings. The van der Waals surface area contributed by atoms with Crippen LogP contribution in [0.1, 0.15) is 17.2 Å². The van der Waals surface area contributed by atoms with Crippen molar-refractivity contribution >= 4 is 15.9 Å². The Kier molecular flexibility index (Phi) is 4.63. The van der Waals surface area contributed by atoms with Crippen molar-refractivity contribution in [2.75, 3.05) is 0 Å². The van der Waals surface area contributed by atoms with E-state index in [9.17, 15) is 8.78 Å². The molecule has 0 heterocycles. The van der Waals surface area contributed by atoms with Gasteiger partial charge in [-0.1, -0.05) is 34.1 Å². The van der Waals surface area contributed by atoms with E-state index in [1.165, 1.54) is 6.07 Å². The molecule has 0 fully saturated rings. The second-order valence-corrected chi connectivity index (χ2v) is 5.14. The van der Waals surface area contributed by atoms with E-state index in [0.29, 0.717) is 12.0 Å². The van der Waals surface area contributed by atoms with E-state index >= 15 is 0 Å². The smallest absolute Gasteiger partial charge is 0.159 e. The van der Waals surface area contributed by atoms with Gasteiger partial charge in [-0.25, -0.2) is 8.78 Å². The van der Waals surface area contributed by atoms with Gasteiger partial charge in [0.2, 0.25) is 0 Å². The molecule has 19 heavy (non-hydrogen) atoms. The fraction of sp³-hybridized carbons (Fsp3) is 0.143. The number of nitrogens with two attached hydrogens (primary N) is 1. The standard InChI is InChI=1S/C14H13BrF2N2/c15-11-3-1-2-9(6-11)7-14(19-18)10-4-5-12(16)13(17)8-10/h1-6,8,14,19H,7,18H2. The van der Waals surface area contributed by atoms with E-state index in [0.717, 1.165) is 22.2 Å². The van der Waals surface area contributed by atoms with Gasteiger partial charge in [0.05, 0.1) is 6.04 Å². The van der Waals surface area contributed by atoms with E-state index < -0.39 is 11.6 Å². The second-order valence-electron chi connectivity index (χ2n) is 4.23. The molecule has 5 heteroatoms. The Balaban J connectivity index is 2.22. The third-order valence-electron chi connectivity index (χ3n) is 2.88. The molecule has 1 unspecified atom stereocenters. The summed E-state index contributed by atoms with van der Waals surface area (Å²) >= 11 is 3.39. The summed E-state index contributed by atoms with van der Waals surface area (Å²) in [6.45, 7) is 0. The summed E-state index contributed by atoms with van der Waals surface area (Å²) in [5, 5.41) is 0. The maximum atomic E-state index is 13.2. The summed E-state index contributed by atoms with van der Waals surface area (Å²) < 4.78 is 27.1.